The van der Waals surface area contributed by atoms with Crippen molar-refractivity contribution in [2.75, 3.05) is 14.2 Å². The van der Waals surface area contributed by atoms with Crippen molar-refractivity contribution < 1.29 is 19.4 Å². The van der Waals surface area contributed by atoms with Gasteiger partial charge in [0.25, 0.3) is 0 Å². The number of hydrogen-bond acceptors (Lipinski definition) is 5. The summed E-state index contributed by atoms with van der Waals surface area (Å²) < 4.78 is 10.2. The molecule has 0 fully saturated rings. The number of carboxylic acids is 1. The van der Waals surface area contributed by atoms with E-state index in [1.165, 1.54) is 14.2 Å². The molecule has 1 N–H and O–H groups in total. The highest BCUT2D eigenvalue weighted by atomic mass is 35.5. The Kier molecular flexibility index (Phi) is 3.20. The van der Waals surface area contributed by atoms with Gasteiger partial charge in [0.15, 0.2) is 22.3 Å². The molecule has 0 radical (unpaired) electrons. The van der Waals surface area contributed by atoms with Crippen LogP contribution in [0, 0.1) is 0 Å². The number of carboxylic acid groups (broad SMARTS) is 1. The van der Waals surface area contributed by atoms with Gasteiger partial charge in [-0.1, -0.05) is 11.6 Å². The molecule has 2 aromatic rings. The van der Waals surface area contributed by atoms with Gasteiger partial charge in [-0.05, 0) is 0 Å². The average Bonchev–Trinajstić information content (AvgIpc) is 2.36. The van der Waals surface area contributed by atoms with E-state index in [-0.39, 0.29) is 10.8 Å². The van der Waals surface area contributed by atoms with Gasteiger partial charge in [0, 0.05) is 12.1 Å². The summed E-state index contributed by atoms with van der Waals surface area (Å²) in [4.78, 5) is 18.8. The fourth-order valence-corrected chi connectivity index (χ4v) is 1.71. The van der Waals surface area contributed by atoms with Crippen LogP contribution in [0.1, 0.15) is 10.5 Å². The van der Waals surface area contributed by atoms with Crippen LogP contribution in [0.3, 0.4) is 0 Å². The first-order valence-electron chi connectivity index (χ1n) is 4.89. The maximum atomic E-state index is 10.9. The van der Waals surface area contributed by atoms with Gasteiger partial charge >= 0.3 is 5.97 Å². The van der Waals surface area contributed by atoms with E-state index in [9.17, 15) is 4.79 Å². The van der Waals surface area contributed by atoms with Crippen molar-refractivity contribution in [3.8, 4) is 11.5 Å². The number of ether oxygens (including phenoxy) is 2. The minimum absolute atomic E-state index is 0.165. The predicted molar refractivity (Wildman–Crippen MR) is 64.6 cm³/mol. The smallest absolute Gasteiger partial charge is 0.357 e. The SMILES string of the molecule is COc1cc2nc(Cl)c(C(=O)O)nc2cc1OC. The summed E-state index contributed by atoms with van der Waals surface area (Å²) in [5, 5.41) is 8.74. The third-order valence-electron chi connectivity index (χ3n) is 2.33. The Bertz CT molecular complexity index is 630. The Morgan fingerprint density at radius 1 is 1.17 bits per heavy atom. The topological polar surface area (TPSA) is 81.5 Å². The molecule has 1 aromatic carbocycles. The van der Waals surface area contributed by atoms with E-state index in [0.717, 1.165) is 0 Å². The lowest BCUT2D eigenvalue weighted by Gasteiger charge is -2.09. The molecule has 0 aliphatic heterocycles. The fourth-order valence-electron chi connectivity index (χ4n) is 1.50. The number of methoxy groups -OCH3 is 2. The summed E-state index contributed by atoms with van der Waals surface area (Å²) in [5.74, 6) is -0.319. The van der Waals surface area contributed by atoms with Crippen LogP contribution in [-0.2, 0) is 0 Å². The maximum absolute atomic E-state index is 10.9. The molecule has 18 heavy (non-hydrogen) atoms. The normalized spacial score (nSPS) is 10.4. The monoisotopic (exact) mass is 268 g/mol. The summed E-state index contributed by atoms with van der Waals surface area (Å²) in [6, 6.07) is 3.13. The Balaban J connectivity index is 2.73. The van der Waals surface area contributed by atoms with Crippen LogP contribution in [-0.4, -0.2) is 35.3 Å². The van der Waals surface area contributed by atoms with Crippen molar-refractivity contribution in [3.63, 3.8) is 0 Å². The highest BCUT2D eigenvalue weighted by Gasteiger charge is 2.15. The Morgan fingerprint density at radius 3 is 2.11 bits per heavy atom. The lowest BCUT2D eigenvalue weighted by molar-refractivity contribution is 0.0690. The van der Waals surface area contributed by atoms with Crippen molar-refractivity contribution in [1.29, 1.82) is 0 Å². The van der Waals surface area contributed by atoms with Crippen molar-refractivity contribution >= 4 is 28.6 Å². The molecule has 0 saturated carbocycles. The zero-order valence-corrected chi connectivity index (χ0v) is 10.4. The summed E-state index contributed by atoms with van der Waals surface area (Å²) in [6.45, 7) is 0. The number of carbonyl (C=O) groups is 1. The van der Waals surface area contributed by atoms with Crippen molar-refractivity contribution in [1.82, 2.24) is 9.97 Å². The molecule has 0 bridgehead atoms. The first-order valence-corrected chi connectivity index (χ1v) is 5.27. The van der Waals surface area contributed by atoms with E-state index >= 15 is 0 Å². The zero-order valence-electron chi connectivity index (χ0n) is 9.60. The second kappa shape index (κ2) is 4.66. The van der Waals surface area contributed by atoms with Gasteiger partial charge in [-0.25, -0.2) is 14.8 Å². The van der Waals surface area contributed by atoms with Gasteiger partial charge in [0.1, 0.15) is 0 Å². The highest BCUT2D eigenvalue weighted by Crippen LogP contribution is 2.31. The molecule has 0 aliphatic rings. The standard InChI is InChI=1S/C11H9ClN2O4/c1-17-7-3-5-6(4-8(7)18-2)14-10(12)9(13-5)11(15)16/h3-4H,1-2H3,(H,15,16). The number of hydrogen-bond donors (Lipinski definition) is 1. The number of aromatic carboxylic acids is 1. The molecule has 1 heterocycles. The molecule has 0 amide bonds. The molecule has 2 rings (SSSR count). The van der Waals surface area contributed by atoms with Gasteiger partial charge in [0.2, 0.25) is 0 Å². The van der Waals surface area contributed by atoms with Crippen LogP contribution in [0.4, 0.5) is 0 Å². The summed E-state index contributed by atoms with van der Waals surface area (Å²) >= 11 is 5.74. The molecule has 0 spiro atoms. The minimum atomic E-state index is -1.23. The number of fused-ring (bicyclic) bond motifs is 1. The third-order valence-corrected chi connectivity index (χ3v) is 2.59. The van der Waals surface area contributed by atoms with Gasteiger partial charge in [-0.2, -0.15) is 0 Å². The van der Waals surface area contributed by atoms with Gasteiger partial charge in [-0.15, -0.1) is 0 Å². The highest BCUT2D eigenvalue weighted by molar-refractivity contribution is 6.32. The molecular formula is C11H9ClN2O4. The number of nitrogens with zero attached hydrogens (tertiary/aromatic N) is 2. The molecule has 0 aliphatic carbocycles. The van der Waals surface area contributed by atoms with Gasteiger partial charge in [-0.3, -0.25) is 0 Å². The zero-order chi connectivity index (χ0) is 13.3. The van der Waals surface area contributed by atoms with E-state index in [1.807, 2.05) is 0 Å². The number of halogens is 1. The molecule has 1 aromatic heterocycles. The van der Waals surface area contributed by atoms with E-state index in [0.29, 0.717) is 22.5 Å². The fraction of sp³-hybridized carbons (Fsp3) is 0.182. The van der Waals surface area contributed by atoms with Crippen LogP contribution < -0.4 is 9.47 Å². The Hall–Kier alpha value is -2.08. The third kappa shape index (κ3) is 2.02. The maximum Gasteiger partial charge on any atom is 0.357 e. The van der Waals surface area contributed by atoms with Crippen LogP contribution in [0.5, 0.6) is 11.5 Å². The average molecular weight is 269 g/mol. The molecule has 94 valence electrons. The lowest BCUT2D eigenvalue weighted by atomic mass is 10.2. The Morgan fingerprint density at radius 2 is 1.67 bits per heavy atom. The molecule has 7 heteroatoms. The summed E-state index contributed by atoms with van der Waals surface area (Å²) in [5.41, 5.74) is 0.508. The first kappa shape index (κ1) is 12.4. The molecule has 0 unspecified atom stereocenters. The lowest BCUT2D eigenvalue weighted by Crippen LogP contribution is -2.04. The van der Waals surface area contributed by atoms with E-state index in [2.05, 4.69) is 9.97 Å². The van der Waals surface area contributed by atoms with Crippen molar-refractivity contribution in [2.24, 2.45) is 0 Å². The molecule has 0 atom stereocenters. The molecule has 6 nitrogen and oxygen atoms in total. The second-order valence-electron chi connectivity index (χ2n) is 3.36. The number of benzene rings is 1. The minimum Gasteiger partial charge on any atom is -0.493 e. The first-order chi connectivity index (χ1) is 8.56. The largest absolute Gasteiger partial charge is 0.493 e. The van der Waals surface area contributed by atoms with Crippen LogP contribution in [0.25, 0.3) is 11.0 Å². The quantitative estimate of drug-likeness (QED) is 0.917. The predicted octanol–water partition coefficient (Wildman–Crippen LogP) is 2.00. The van der Waals surface area contributed by atoms with Crippen LogP contribution in [0.2, 0.25) is 5.15 Å². The second-order valence-corrected chi connectivity index (χ2v) is 3.72. The summed E-state index contributed by atoms with van der Waals surface area (Å²) in [7, 11) is 2.97. The van der Waals surface area contributed by atoms with Crippen LogP contribution in [0.15, 0.2) is 12.1 Å². The van der Waals surface area contributed by atoms with Crippen LogP contribution >= 0.6 is 11.6 Å². The van der Waals surface area contributed by atoms with Gasteiger partial charge in [0.05, 0.1) is 25.3 Å². The number of aromatic nitrogens is 2. The van der Waals surface area contributed by atoms with E-state index < -0.39 is 5.97 Å². The van der Waals surface area contributed by atoms with Crippen molar-refractivity contribution in [2.45, 2.75) is 0 Å². The van der Waals surface area contributed by atoms with Crippen molar-refractivity contribution in [3.05, 3.63) is 23.0 Å². The van der Waals surface area contributed by atoms with E-state index in [4.69, 9.17) is 26.2 Å². The number of rotatable bonds is 3. The summed E-state index contributed by atoms with van der Waals surface area (Å²) in [6.07, 6.45) is 0. The molecule has 0 saturated heterocycles. The van der Waals surface area contributed by atoms with Gasteiger partial charge < -0.3 is 14.6 Å². The molecular weight excluding hydrogens is 260 g/mol. The van der Waals surface area contributed by atoms with E-state index in [1.54, 1.807) is 12.1 Å². The Labute approximate surface area is 107 Å².